The number of nitrogens with one attached hydrogen (secondary N) is 2. The van der Waals surface area contributed by atoms with Gasteiger partial charge in [0.25, 0.3) is 11.6 Å². The van der Waals surface area contributed by atoms with Crippen LogP contribution in [0.25, 0.3) is 0 Å². The molecule has 0 heterocycles. The largest absolute Gasteiger partial charge is 0.377 e. The van der Waals surface area contributed by atoms with E-state index in [2.05, 4.69) is 10.6 Å². The molecule has 0 saturated heterocycles. The number of nitro groups is 1. The lowest BCUT2D eigenvalue weighted by Gasteiger charge is -2.16. The van der Waals surface area contributed by atoms with Gasteiger partial charge in [0.1, 0.15) is 5.69 Å². The van der Waals surface area contributed by atoms with Crippen LogP contribution in [0.2, 0.25) is 0 Å². The van der Waals surface area contributed by atoms with Crippen LogP contribution in [0.15, 0.2) is 18.2 Å². The summed E-state index contributed by atoms with van der Waals surface area (Å²) in [7, 11) is 1.53. The maximum absolute atomic E-state index is 11.6. The van der Waals surface area contributed by atoms with E-state index < -0.39 is 4.92 Å². The zero-order valence-corrected chi connectivity index (χ0v) is 11.4. The molecule has 1 aromatic rings. The monoisotopic (exact) mass is 265 g/mol. The van der Waals surface area contributed by atoms with E-state index >= 15 is 0 Å². The van der Waals surface area contributed by atoms with Crippen molar-refractivity contribution in [2.45, 2.75) is 32.7 Å². The number of rotatable bonds is 6. The van der Waals surface area contributed by atoms with Crippen molar-refractivity contribution in [1.82, 2.24) is 5.32 Å². The number of carbonyl (C=O) groups is 1. The van der Waals surface area contributed by atoms with E-state index in [9.17, 15) is 14.9 Å². The number of nitro benzene ring substituents is 1. The summed E-state index contributed by atoms with van der Waals surface area (Å²) in [6, 6.07) is 4.48. The van der Waals surface area contributed by atoms with E-state index in [1.54, 1.807) is 0 Å². The van der Waals surface area contributed by atoms with Crippen LogP contribution < -0.4 is 10.6 Å². The fourth-order valence-electron chi connectivity index (χ4n) is 1.81. The van der Waals surface area contributed by atoms with E-state index in [1.165, 1.54) is 25.2 Å². The van der Waals surface area contributed by atoms with Gasteiger partial charge in [-0.15, -0.1) is 0 Å². The second-order valence-electron chi connectivity index (χ2n) is 4.23. The molecule has 6 heteroatoms. The number of benzene rings is 1. The third-order valence-electron chi connectivity index (χ3n) is 3.03. The molecule has 1 rings (SSSR count). The first-order chi connectivity index (χ1) is 9.03. The smallest absolute Gasteiger partial charge is 0.292 e. The molecule has 0 aliphatic rings. The van der Waals surface area contributed by atoms with E-state index in [1.807, 2.05) is 13.8 Å². The van der Waals surface area contributed by atoms with Crippen LogP contribution in [0.3, 0.4) is 0 Å². The van der Waals surface area contributed by atoms with Crippen molar-refractivity contribution in [3.8, 4) is 0 Å². The van der Waals surface area contributed by atoms with E-state index in [0.717, 1.165) is 12.8 Å². The molecule has 0 atom stereocenters. The van der Waals surface area contributed by atoms with Crippen LogP contribution in [0.1, 0.15) is 37.0 Å². The van der Waals surface area contributed by atoms with Crippen molar-refractivity contribution in [2.24, 2.45) is 0 Å². The molecule has 0 aromatic heterocycles. The average molecular weight is 265 g/mol. The van der Waals surface area contributed by atoms with Crippen LogP contribution >= 0.6 is 0 Å². The van der Waals surface area contributed by atoms with Gasteiger partial charge < -0.3 is 10.6 Å². The predicted molar refractivity (Wildman–Crippen MR) is 74.5 cm³/mol. The van der Waals surface area contributed by atoms with Crippen molar-refractivity contribution >= 4 is 17.3 Å². The van der Waals surface area contributed by atoms with E-state index in [4.69, 9.17) is 0 Å². The minimum Gasteiger partial charge on any atom is -0.377 e. The Morgan fingerprint density at radius 1 is 1.37 bits per heavy atom. The summed E-state index contributed by atoms with van der Waals surface area (Å²) in [5, 5.41) is 16.6. The third-order valence-corrected chi connectivity index (χ3v) is 3.03. The zero-order valence-electron chi connectivity index (χ0n) is 11.4. The highest BCUT2D eigenvalue weighted by Gasteiger charge is 2.18. The Balaban J connectivity index is 3.15. The molecular formula is C13H19N3O3. The molecule has 104 valence electrons. The summed E-state index contributed by atoms with van der Waals surface area (Å²) in [4.78, 5) is 22.1. The van der Waals surface area contributed by atoms with Gasteiger partial charge in [-0.3, -0.25) is 14.9 Å². The summed E-state index contributed by atoms with van der Waals surface area (Å²) >= 11 is 0. The summed E-state index contributed by atoms with van der Waals surface area (Å²) < 4.78 is 0. The maximum Gasteiger partial charge on any atom is 0.292 e. The van der Waals surface area contributed by atoms with Crippen LogP contribution in [0.4, 0.5) is 11.4 Å². The van der Waals surface area contributed by atoms with Gasteiger partial charge in [-0.1, -0.05) is 13.8 Å². The molecule has 0 fully saturated rings. The number of amides is 1. The number of anilines is 1. The molecule has 0 spiro atoms. The quantitative estimate of drug-likeness (QED) is 0.611. The molecule has 0 bridgehead atoms. The lowest BCUT2D eigenvalue weighted by molar-refractivity contribution is -0.384. The molecule has 6 nitrogen and oxygen atoms in total. The Morgan fingerprint density at radius 2 is 2.00 bits per heavy atom. The first-order valence-electron chi connectivity index (χ1n) is 6.30. The molecule has 0 unspecified atom stereocenters. The SMILES string of the molecule is CCC(CC)Nc1cc(C(=O)NC)ccc1[N+](=O)[O-]. The second kappa shape index (κ2) is 6.72. The van der Waals surface area contributed by atoms with Gasteiger partial charge in [-0.25, -0.2) is 0 Å². The molecule has 1 amide bonds. The molecule has 19 heavy (non-hydrogen) atoms. The number of hydrogen-bond donors (Lipinski definition) is 2. The molecule has 1 aromatic carbocycles. The second-order valence-corrected chi connectivity index (χ2v) is 4.23. The molecular weight excluding hydrogens is 246 g/mol. The van der Waals surface area contributed by atoms with Gasteiger partial charge >= 0.3 is 0 Å². The zero-order chi connectivity index (χ0) is 14.4. The Morgan fingerprint density at radius 3 is 2.47 bits per heavy atom. The number of hydrogen-bond acceptors (Lipinski definition) is 4. The van der Waals surface area contributed by atoms with Crippen molar-refractivity contribution < 1.29 is 9.72 Å². The van der Waals surface area contributed by atoms with Gasteiger partial charge in [-0.2, -0.15) is 0 Å². The van der Waals surface area contributed by atoms with Crippen molar-refractivity contribution in [2.75, 3.05) is 12.4 Å². The molecule has 0 aliphatic carbocycles. The Bertz CT molecular complexity index is 470. The van der Waals surface area contributed by atoms with E-state index in [0.29, 0.717) is 11.3 Å². The molecule has 0 radical (unpaired) electrons. The Kier molecular flexibility index (Phi) is 5.29. The summed E-state index contributed by atoms with van der Waals surface area (Å²) in [6.07, 6.45) is 1.72. The first kappa shape index (κ1) is 14.9. The van der Waals surface area contributed by atoms with Crippen LogP contribution in [-0.2, 0) is 0 Å². The van der Waals surface area contributed by atoms with Crippen LogP contribution in [-0.4, -0.2) is 23.9 Å². The molecule has 0 aliphatic heterocycles. The Hall–Kier alpha value is -2.11. The highest BCUT2D eigenvalue weighted by molar-refractivity contribution is 5.95. The minimum atomic E-state index is -0.446. The Labute approximate surface area is 112 Å². The van der Waals surface area contributed by atoms with Gasteiger partial charge in [0.2, 0.25) is 0 Å². The number of nitrogens with zero attached hydrogens (tertiary/aromatic N) is 1. The fraction of sp³-hybridized carbons (Fsp3) is 0.462. The summed E-state index contributed by atoms with van der Waals surface area (Å²) in [6.45, 7) is 4.02. The van der Waals surface area contributed by atoms with Crippen molar-refractivity contribution in [3.63, 3.8) is 0 Å². The van der Waals surface area contributed by atoms with Crippen LogP contribution in [0.5, 0.6) is 0 Å². The van der Waals surface area contributed by atoms with E-state index in [-0.39, 0.29) is 17.6 Å². The topological polar surface area (TPSA) is 84.3 Å². The van der Waals surface area contributed by atoms with Crippen molar-refractivity contribution in [3.05, 3.63) is 33.9 Å². The normalized spacial score (nSPS) is 10.3. The highest BCUT2D eigenvalue weighted by Crippen LogP contribution is 2.27. The standard InChI is InChI=1S/C13H19N3O3/c1-4-10(5-2)15-11-8-9(13(17)14-3)6-7-12(11)16(18)19/h6-8,10,15H,4-5H2,1-3H3,(H,14,17). The first-order valence-corrected chi connectivity index (χ1v) is 6.30. The van der Waals surface area contributed by atoms with Gasteiger partial charge in [0.05, 0.1) is 4.92 Å². The van der Waals surface area contributed by atoms with Crippen LogP contribution in [0, 0.1) is 10.1 Å². The lowest BCUT2D eigenvalue weighted by atomic mass is 10.1. The highest BCUT2D eigenvalue weighted by atomic mass is 16.6. The van der Waals surface area contributed by atoms with Gasteiger partial charge in [-0.05, 0) is 25.0 Å². The van der Waals surface area contributed by atoms with Gasteiger partial charge in [0.15, 0.2) is 0 Å². The maximum atomic E-state index is 11.6. The predicted octanol–water partition coefficient (Wildman–Crippen LogP) is 2.55. The minimum absolute atomic E-state index is 0.0143. The number of carbonyl (C=O) groups excluding carboxylic acids is 1. The van der Waals surface area contributed by atoms with Gasteiger partial charge in [0, 0.05) is 24.7 Å². The lowest BCUT2D eigenvalue weighted by Crippen LogP contribution is -2.20. The summed E-state index contributed by atoms with van der Waals surface area (Å²) in [5.41, 5.74) is 0.779. The molecule has 2 N–H and O–H groups in total. The summed E-state index contributed by atoms with van der Waals surface area (Å²) in [5.74, 6) is -0.262. The fourth-order valence-corrected chi connectivity index (χ4v) is 1.81. The average Bonchev–Trinajstić information content (AvgIpc) is 2.43. The molecule has 0 saturated carbocycles. The van der Waals surface area contributed by atoms with Crippen molar-refractivity contribution in [1.29, 1.82) is 0 Å². The third kappa shape index (κ3) is 3.67.